The first-order chi connectivity index (χ1) is 12.2. The summed E-state index contributed by atoms with van der Waals surface area (Å²) in [6, 6.07) is 8.89. The molecule has 0 bridgehead atoms. The van der Waals surface area contributed by atoms with Gasteiger partial charge in [0.25, 0.3) is 0 Å². The molecule has 25 heavy (non-hydrogen) atoms. The second kappa shape index (κ2) is 8.10. The number of aromatic nitrogens is 2. The highest BCUT2D eigenvalue weighted by Crippen LogP contribution is 2.29. The van der Waals surface area contributed by atoms with E-state index >= 15 is 0 Å². The largest absolute Gasteiger partial charge is 0.463 e. The summed E-state index contributed by atoms with van der Waals surface area (Å²) in [6.07, 6.45) is 7.41. The molecule has 5 heteroatoms. The number of hydrogen-bond acceptors (Lipinski definition) is 4. The molecule has 3 rings (SSSR count). The Morgan fingerprint density at radius 3 is 2.48 bits per heavy atom. The van der Waals surface area contributed by atoms with Gasteiger partial charge in [-0.2, -0.15) is 0 Å². The molecule has 0 spiro atoms. The van der Waals surface area contributed by atoms with Crippen LogP contribution in [0.25, 0.3) is 11.1 Å². The van der Waals surface area contributed by atoms with Crippen LogP contribution >= 0.6 is 0 Å². The van der Waals surface area contributed by atoms with E-state index in [0.717, 1.165) is 36.8 Å². The summed E-state index contributed by atoms with van der Waals surface area (Å²) >= 11 is 0. The fourth-order valence-corrected chi connectivity index (χ4v) is 2.68. The molecule has 1 N–H and O–H groups in total. The molecule has 1 heterocycles. The minimum Gasteiger partial charge on any atom is -0.463 e. The SMILES string of the molecule is CCCOc1ncc(-c2ccc(CC(C)NC(=O)C3CC3)cc2)cn1. The van der Waals surface area contributed by atoms with Gasteiger partial charge in [-0.15, -0.1) is 0 Å². The number of carbonyl (C=O) groups excluding carboxylic acids is 1. The van der Waals surface area contributed by atoms with Crippen LogP contribution in [-0.2, 0) is 11.2 Å². The molecule has 5 nitrogen and oxygen atoms in total. The molecule has 1 aromatic heterocycles. The first-order valence-corrected chi connectivity index (χ1v) is 9.00. The van der Waals surface area contributed by atoms with Crippen molar-refractivity contribution in [1.29, 1.82) is 0 Å². The second-order valence-corrected chi connectivity index (χ2v) is 6.69. The maximum absolute atomic E-state index is 11.8. The number of hydrogen-bond donors (Lipinski definition) is 1. The van der Waals surface area contributed by atoms with Crippen molar-refractivity contribution in [3.05, 3.63) is 42.2 Å². The molecule has 1 aliphatic carbocycles. The van der Waals surface area contributed by atoms with Crippen molar-refractivity contribution in [1.82, 2.24) is 15.3 Å². The van der Waals surface area contributed by atoms with E-state index in [1.165, 1.54) is 5.56 Å². The quantitative estimate of drug-likeness (QED) is 0.801. The molecule has 1 unspecified atom stereocenters. The van der Waals surface area contributed by atoms with Gasteiger partial charge < -0.3 is 10.1 Å². The maximum atomic E-state index is 11.8. The van der Waals surface area contributed by atoms with E-state index in [1.54, 1.807) is 12.4 Å². The monoisotopic (exact) mass is 339 g/mol. The topological polar surface area (TPSA) is 64.1 Å². The van der Waals surface area contributed by atoms with Gasteiger partial charge in [-0.25, -0.2) is 9.97 Å². The van der Waals surface area contributed by atoms with Crippen LogP contribution in [0.1, 0.15) is 38.7 Å². The fourth-order valence-electron chi connectivity index (χ4n) is 2.68. The van der Waals surface area contributed by atoms with Crippen molar-refractivity contribution in [2.45, 2.75) is 45.6 Å². The van der Waals surface area contributed by atoms with Crippen LogP contribution in [0.5, 0.6) is 6.01 Å². The first kappa shape index (κ1) is 17.4. The fraction of sp³-hybridized carbons (Fsp3) is 0.450. The third-order valence-corrected chi connectivity index (χ3v) is 4.23. The zero-order chi connectivity index (χ0) is 17.6. The average Bonchev–Trinajstić information content (AvgIpc) is 3.46. The molecule has 1 saturated carbocycles. The van der Waals surface area contributed by atoms with E-state index in [0.29, 0.717) is 12.6 Å². The van der Waals surface area contributed by atoms with Gasteiger partial charge in [-0.1, -0.05) is 31.2 Å². The molecular formula is C20H25N3O2. The molecule has 0 radical (unpaired) electrons. The van der Waals surface area contributed by atoms with Gasteiger partial charge in [0.2, 0.25) is 5.91 Å². The van der Waals surface area contributed by atoms with Crippen LogP contribution in [0.2, 0.25) is 0 Å². The van der Waals surface area contributed by atoms with Crippen LogP contribution in [0.15, 0.2) is 36.7 Å². The van der Waals surface area contributed by atoms with Crippen molar-refractivity contribution in [2.75, 3.05) is 6.61 Å². The zero-order valence-electron chi connectivity index (χ0n) is 14.9. The maximum Gasteiger partial charge on any atom is 0.316 e. The summed E-state index contributed by atoms with van der Waals surface area (Å²) in [5.74, 6) is 0.459. The number of carbonyl (C=O) groups is 1. The highest BCUT2D eigenvalue weighted by Gasteiger charge is 2.30. The van der Waals surface area contributed by atoms with Crippen LogP contribution < -0.4 is 10.1 Å². The Bertz CT molecular complexity index is 694. The van der Waals surface area contributed by atoms with Gasteiger partial charge >= 0.3 is 6.01 Å². The highest BCUT2D eigenvalue weighted by atomic mass is 16.5. The Morgan fingerprint density at radius 1 is 1.20 bits per heavy atom. The minimum absolute atomic E-state index is 0.150. The lowest BCUT2D eigenvalue weighted by atomic mass is 10.0. The summed E-state index contributed by atoms with van der Waals surface area (Å²) in [5.41, 5.74) is 3.24. The number of amides is 1. The summed E-state index contributed by atoms with van der Waals surface area (Å²) in [5, 5.41) is 3.09. The third kappa shape index (κ3) is 5.02. The van der Waals surface area contributed by atoms with Crippen LogP contribution in [-0.4, -0.2) is 28.5 Å². The van der Waals surface area contributed by atoms with Crippen molar-refractivity contribution in [3.63, 3.8) is 0 Å². The van der Waals surface area contributed by atoms with Gasteiger partial charge in [-0.3, -0.25) is 4.79 Å². The van der Waals surface area contributed by atoms with Gasteiger partial charge in [0.15, 0.2) is 0 Å². The summed E-state index contributed by atoms with van der Waals surface area (Å²) in [7, 11) is 0. The van der Waals surface area contributed by atoms with Crippen LogP contribution in [0.3, 0.4) is 0 Å². The Morgan fingerprint density at radius 2 is 1.88 bits per heavy atom. The molecule has 1 fully saturated rings. The van der Waals surface area contributed by atoms with Crippen molar-refractivity contribution >= 4 is 5.91 Å². The van der Waals surface area contributed by atoms with Crippen molar-refractivity contribution < 1.29 is 9.53 Å². The molecule has 1 aromatic carbocycles. The van der Waals surface area contributed by atoms with Crippen LogP contribution in [0.4, 0.5) is 0 Å². The minimum atomic E-state index is 0.150. The van der Waals surface area contributed by atoms with Crippen molar-refractivity contribution in [2.24, 2.45) is 5.92 Å². The van der Waals surface area contributed by atoms with Crippen molar-refractivity contribution in [3.8, 4) is 17.1 Å². The first-order valence-electron chi connectivity index (χ1n) is 9.00. The number of nitrogens with one attached hydrogen (secondary N) is 1. The summed E-state index contributed by atoms with van der Waals surface area (Å²) < 4.78 is 5.40. The van der Waals surface area contributed by atoms with E-state index in [2.05, 4.69) is 46.5 Å². The lowest BCUT2D eigenvalue weighted by Crippen LogP contribution is -2.35. The molecule has 132 valence electrons. The lowest BCUT2D eigenvalue weighted by Gasteiger charge is -2.14. The second-order valence-electron chi connectivity index (χ2n) is 6.69. The molecule has 0 aliphatic heterocycles. The van der Waals surface area contributed by atoms with E-state index in [1.807, 2.05) is 6.92 Å². The molecule has 0 saturated heterocycles. The Hall–Kier alpha value is -2.43. The zero-order valence-corrected chi connectivity index (χ0v) is 14.9. The third-order valence-electron chi connectivity index (χ3n) is 4.23. The standard InChI is InChI=1S/C20H25N3O2/c1-3-10-25-20-21-12-18(13-22-20)16-6-4-15(5-7-16)11-14(2)23-19(24)17-8-9-17/h4-7,12-14,17H,3,8-11H2,1-2H3,(H,23,24). The predicted octanol–water partition coefficient (Wildman–Crippen LogP) is 3.39. The highest BCUT2D eigenvalue weighted by molar-refractivity contribution is 5.81. The average molecular weight is 339 g/mol. The summed E-state index contributed by atoms with van der Waals surface area (Å²) in [6.45, 7) is 4.73. The van der Waals surface area contributed by atoms with Crippen LogP contribution in [0, 0.1) is 5.92 Å². The molecule has 1 amide bonds. The van der Waals surface area contributed by atoms with E-state index in [4.69, 9.17) is 4.74 Å². The Kier molecular flexibility index (Phi) is 5.64. The van der Waals surface area contributed by atoms with Gasteiger partial charge in [0, 0.05) is 29.9 Å². The molecule has 2 aromatic rings. The van der Waals surface area contributed by atoms with E-state index in [-0.39, 0.29) is 17.9 Å². The molecule has 1 atom stereocenters. The number of rotatable bonds is 8. The molecular weight excluding hydrogens is 314 g/mol. The normalized spacial score (nSPS) is 14.8. The van der Waals surface area contributed by atoms with Gasteiger partial charge in [-0.05, 0) is 43.7 Å². The summed E-state index contributed by atoms with van der Waals surface area (Å²) in [4.78, 5) is 20.3. The van der Waals surface area contributed by atoms with E-state index in [9.17, 15) is 4.79 Å². The lowest BCUT2D eigenvalue weighted by molar-refractivity contribution is -0.122. The number of ether oxygens (including phenoxy) is 1. The number of nitrogens with zero attached hydrogens (tertiary/aromatic N) is 2. The van der Waals surface area contributed by atoms with Gasteiger partial charge in [0.1, 0.15) is 0 Å². The Labute approximate surface area is 148 Å². The van der Waals surface area contributed by atoms with E-state index < -0.39 is 0 Å². The number of benzene rings is 1. The Balaban J connectivity index is 1.56. The van der Waals surface area contributed by atoms with Gasteiger partial charge in [0.05, 0.1) is 6.61 Å². The molecule has 1 aliphatic rings. The smallest absolute Gasteiger partial charge is 0.316 e. The predicted molar refractivity (Wildman–Crippen MR) is 97.3 cm³/mol.